The third-order valence-corrected chi connectivity index (χ3v) is 4.07. The zero-order valence-electron chi connectivity index (χ0n) is 11.8. The first-order valence-corrected chi connectivity index (χ1v) is 7.12. The molecule has 0 aliphatic heterocycles. The summed E-state index contributed by atoms with van der Waals surface area (Å²) in [6.07, 6.45) is 7.82. The topological polar surface area (TPSA) is 55.0 Å². The lowest BCUT2D eigenvalue weighted by Gasteiger charge is -2.25. The van der Waals surface area contributed by atoms with Crippen molar-refractivity contribution < 1.29 is 0 Å². The van der Waals surface area contributed by atoms with E-state index < -0.39 is 0 Å². The smallest absolute Gasteiger partial charge is 0.229 e. The van der Waals surface area contributed by atoms with Crippen LogP contribution in [0.25, 0.3) is 0 Å². The number of hydrogen-bond acceptors (Lipinski definition) is 4. The molecule has 20 heavy (non-hydrogen) atoms. The fourth-order valence-corrected chi connectivity index (χ4v) is 2.46. The molecule has 0 amide bonds. The Kier molecular flexibility index (Phi) is 3.65. The van der Waals surface area contributed by atoms with Crippen molar-refractivity contribution in [1.29, 1.82) is 0 Å². The summed E-state index contributed by atoms with van der Waals surface area (Å²) >= 11 is 0. The maximum atomic E-state index is 5.68. The van der Waals surface area contributed by atoms with Gasteiger partial charge >= 0.3 is 0 Å². The minimum atomic E-state index is 0.545. The Bertz CT molecular complexity index is 575. The predicted molar refractivity (Wildman–Crippen MR) is 81.0 cm³/mol. The highest BCUT2D eigenvalue weighted by Crippen LogP contribution is 2.35. The second-order valence-electron chi connectivity index (χ2n) is 5.38. The number of aromatic nitrogens is 2. The average Bonchev–Trinajstić information content (AvgIpc) is 2.45. The van der Waals surface area contributed by atoms with Crippen molar-refractivity contribution in [2.45, 2.75) is 31.7 Å². The van der Waals surface area contributed by atoms with Gasteiger partial charge in [0.2, 0.25) is 5.95 Å². The minimum absolute atomic E-state index is 0.545. The number of benzene rings is 1. The quantitative estimate of drug-likeness (QED) is 0.926. The van der Waals surface area contributed by atoms with Crippen LogP contribution >= 0.6 is 0 Å². The lowest BCUT2D eigenvalue weighted by molar-refractivity contribution is 0.418. The lowest BCUT2D eigenvalue weighted by atomic mass is 9.81. The van der Waals surface area contributed by atoms with Gasteiger partial charge in [0.05, 0.1) is 0 Å². The molecule has 0 radical (unpaired) electrons. The monoisotopic (exact) mass is 268 g/mol. The Morgan fingerprint density at radius 2 is 2.00 bits per heavy atom. The van der Waals surface area contributed by atoms with Crippen LogP contribution in [-0.4, -0.2) is 17.0 Å². The van der Waals surface area contributed by atoms with Crippen LogP contribution in [0.3, 0.4) is 0 Å². The van der Waals surface area contributed by atoms with Gasteiger partial charge in [0.1, 0.15) is 0 Å². The first-order chi connectivity index (χ1) is 9.78. The molecule has 1 aliphatic rings. The predicted octanol–water partition coefficient (Wildman–Crippen LogP) is 2.97. The third kappa shape index (κ3) is 2.51. The van der Waals surface area contributed by atoms with Crippen molar-refractivity contribution in [1.82, 2.24) is 9.97 Å². The number of nitrogens with zero attached hydrogens (tertiary/aromatic N) is 3. The van der Waals surface area contributed by atoms with Crippen molar-refractivity contribution >= 4 is 11.6 Å². The highest BCUT2D eigenvalue weighted by atomic mass is 15.2. The van der Waals surface area contributed by atoms with Gasteiger partial charge in [-0.2, -0.15) is 0 Å². The standard InChI is InChI=1S/C16H20N4/c1-20(15-7-2-4-12(8-15)9-17)16-18-10-14(11-19-16)13-5-3-6-13/h2,4,7-8,10-11,13H,3,5-6,9,17H2,1H3. The summed E-state index contributed by atoms with van der Waals surface area (Å²) in [6.45, 7) is 0.545. The van der Waals surface area contributed by atoms with Crippen molar-refractivity contribution in [3.8, 4) is 0 Å². The van der Waals surface area contributed by atoms with E-state index in [0.29, 0.717) is 12.5 Å². The van der Waals surface area contributed by atoms with Crippen LogP contribution in [0.5, 0.6) is 0 Å². The molecule has 1 aromatic carbocycles. The Labute approximate surface area is 119 Å². The van der Waals surface area contributed by atoms with E-state index in [0.717, 1.165) is 17.2 Å². The van der Waals surface area contributed by atoms with Crippen molar-refractivity contribution in [3.63, 3.8) is 0 Å². The largest absolute Gasteiger partial charge is 0.326 e. The van der Waals surface area contributed by atoms with Gasteiger partial charge in [0.25, 0.3) is 0 Å². The summed E-state index contributed by atoms with van der Waals surface area (Å²) in [4.78, 5) is 11.0. The molecule has 3 rings (SSSR count). The molecule has 1 aromatic heterocycles. The van der Waals surface area contributed by atoms with Crippen molar-refractivity contribution in [2.75, 3.05) is 11.9 Å². The molecule has 1 saturated carbocycles. The number of nitrogens with two attached hydrogens (primary N) is 1. The molecule has 0 spiro atoms. The first kappa shape index (κ1) is 13.1. The molecule has 0 saturated heterocycles. The van der Waals surface area contributed by atoms with Crippen LogP contribution < -0.4 is 10.6 Å². The molecule has 2 N–H and O–H groups in total. The van der Waals surface area contributed by atoms with Crippen molar-refractivity contribution in [3.05, 3.63) is 47.8 Å². The van der Waals surface area contributed by atoms with Crippen LogP contribution in [0.15, 0.2) is 36.7 Å². The zero-order valence-corrected chi connectivity index (χ0v) is 11.8. The molecule has 4 heteroatoms. The summed E-state index contributed by atoms with van der Waals surface area (Å²) < 4.78 is 0. The number of rotatable bonds is 4. The van der Waals surface area contributed by atoms with E-state index in [1.165, 1.54) is 24.8 Å². The molecule has 2 aromatic rings. The van der Waals surface area contributed by atoms with Gasteiger partial charge in [0.15, 0.2) is 0 Å². The molecule has 0 unspecified atom stereocenters. The third-order valence-electron chi connectivity index (χ3n) is 4.07. The van der Waals surface area contributed by atoms with E-state index in [9.17, 15) is 0 Å². The Morgan fingerprint density at radius 3 is 2.60 bits per heavy atom. The molecule has 1 fully saturated rings. The van der Waals surface area contributed by atoms with Gasteiger partial charge in [-0.15, -0.1) is 0 Å². The first-order valence-electron chi connectivity index (χ1n) is 7.12. The number of anilines is 2. The fraction of sp³-hybridized carbons (Fsp3) is 0.375. The molecule has 0 bridgehead atoms. The van der Waals surface area contributed by atoms with E-state index in [4.69, 9.17) is 5.73 Å². The Morgan fingerprint density at radius 1 is 1.25 bits per heavy atom. The molecule has 1 aliphatic carbocycles. The second-order valence-corrected chi connectivity index (χ2v) is 5.38. The van der Waals surface area contributed by atoms with Crippen LogP contribution in [0.2, 0.25) is 0 Å². The van der Waals surface area contributed by atoms with Gasteiger partial charge < -0.3 is 10.6 Å². The normalized spacial score (nSPS) is 14.9. The summed E-state index contributed by atoms with van der Waals surface area (Å²) in [5.74, 6) is 1.40. The van der Waals surface area contributed by atoms with E-state index in [1.54, 1.807) is 0 Å². The highest BCUT2D eigenvalue weighted by Gasteiger charge is 2.20. The van der Waals surface area contributed by atoms with E-state index >= 15 is 0 Å². The summed E-state index contributed by atoms with van der Waals surface area (Å²) in [5.41, 5.74) is 9.12. The van der Waals surface area contributed by atoms with Crippen LogP contribution in [-0.2, 0) is 6.54 Å². The van der Waals surface area contributed by atoms with Crippen molar-refractivity contribution in [2.24, 2.45) is 5.73 Å². The zero-order chi connectivity index (χ0) is 13.9. The second kappa shape index (κ2) is 5.59. The fourth-order valence-electron chi connectivity index (χ4n) is 2.46. The molecular formula is C16H20N4. The SMILES string of the molecule is CN(c1cccc(CN)c1)c1ncc(C2CCC2)cn1. The average molecular weight is 268 g/mol. The molecule has 104 valence electrons. The maximum Gasteiger partial charge on any atom is 0.229 e. The lowest BCUT2D eigenvalue weighted by Crippen LogP contribution is -2.15. The minimum Gasteiger partial charge on any atom is -0.326 e. The summed E-state index contributed by atoms with van der Waals surface area (Å²) in [7, 11) is 1.98. The molecule has 4 nitrogen and oxygen atoms in total. The molecular weight excluding hydrogens is 248 g/mol. The van der Waals surface area contributed by atoms with Gasteiger partial charge in [-0.25, -0.2) is 9.97 Å². The van der Waals surface area contributed by atoms with Crippen LogP contribution in [0, 0.1) is 0 Å². The van der Waals surface area contributed by atoms with Crippen LogP contribution in [0.4, 0.5) is 11.6 Å². The summed E-state index contributed by atoms with van der Waals surface area (Å²) in [6, 6.07) is 8.15. The highest BCUT2D eigenvalue weighted by molar-refractivity contribution is 5.57. The van der Waals surface area contributed by atoms with E-state index in [-0.39, 0.29) is 0 Å². The maximum absolute atomic E-state index is 5.68. The molecule has 0 atom stereocenters. The van der Waals surface area contributed by atoms with Gasteiger partial charge in [0, 0.05) is 31.7 Å². The van der Waals surface area contributed by atoms with E-state index in [2.05, 4.69) is 16.0 Å². The van der Waals surface area contributed by atoms with Gasteiger partial charge in [-0.1, -0.05) is 18.6 Å². The van der Waals surface area contributed by atoms with Gasteiger partial charge in [-0.05, 0) is 42.0 Å². The molecule has 1 heterocycles. The summed E-state index contributed by atoms with van der Waals surface area (Å²) in [5, 5.41) is 0. The Balaban J connectivity index is 1.80. The van der Waals surface area contributed by atoms with Gasteiger partial charge in [-0.3, -0.25) is 0 Å². The number of hydrogen-bond donors (Lipinski definition) is 1. The Hall–Kier alpha value is -1.94. The van der Waals surface area contributed by atoms with E-state index in [1.807, 2.05) is 42.5 Å². The van der Waals surface area contributed by atoms with Crippen LogP contribution in [0.1, 0.15) is 36.3 Å².